The molecule has 0 saturated carbocycles. The molecule has 2 N–H and O–H groups in total. The summed E-state index contributed by atoms with van der Waals surface area (Å²) >= 11 is 0. The van der Waals surface area contributed by atoms with Crippen molar-refractivity contribution in [1.29, 1.82) is 0 Å². The van der Waals surface area contributed by atoms with Gasteiger partial charge < -0.3 is 15.4 Å². The van der Waals surface area contributed by atoms with E-state index in [-0.39, 0.29) is 11.8 Å². The van der Waals surface area contributed by atoms with Crippen molar-refractivity contribution < 1.29 is 14.3 Å². The van der Waals surface area contributed by atoms with Crippen LogP contribution in [0.4, 0.5) is 5.69 Å². The number of para-hydroxylation sites is 1. The van der Waals surface area contributed by atoms with Gasteiger partial charge in [-0.15, -0.1) is 0 Å². The Morgan fingerprint density at radius 1 is 1.03 bits per heavy atom. The highest BCUT2D eigenvalue weighted by Gasteiger charge is 2.27. The van der Waals surface area contributed by atoms with Gasteiger partial charge in [-0.2, -0.15) is 0 Å². The molecule has 148 valence electrons. The van der Waals surface area contributed by atoms with E-state index in [1.807, 2.05) is 60.7 Å². The maximum atomic E-state index is 12.9. The number of anilines is 1. The van der Waals surface area contributed by atoms with Crippen molar-refractivity contribution in [3.05, 3.63) is 95.1 Å². The van der Waals surface area contributed by atoms with Gasteiger partial charge in [0.05, 0.1) is 18.0 Å². The number of nitrogens with one attached hydrogen (secondary N) is 2. The van der Waals surface area contributed by atoms with Gasteiger partial charge in [-0.05, 0) is 29.8 Å². The minimum absolute atomic E-state index is 0.355. The van der Waals surface area contributed by atoms with Gasteiger partial charge in [0.25, 0.3) is 11.8 Å². The summed E-state index contributed by atoms with van der Waals surface area (Å²) in [5, 5.41) is 5.65. The highest BCUT2D eigenvalue weighted by atomic mass is 16.5. The van der Waals surface area contributed by atoms with E-state index in [1.54, 1.807) is 12.1 Å². The molecule has 0 aromatic heterocycles. The lowest BCUT2D eigenvalue weighted by atomic mass is 10.0. The lowest BCUT2D eigenvalue weighted by Crippen LogP contribution is -2.42. The molecule has 2 aliphatic heterocycles. The number of ether oxygens (including phenoxy) is 1. The van der Waals surface area contributed by atoms with Gasteiger partial charge in [-0.25, -0.2) is 4.99 Å². The van der Waals surface area contributed by atoms with Crippen LogP contribution in [0.5, 0.6) is 5.75 Å². The molecular weight excluding hydrogens is 378 g/mol. The average Bonchev–Trinajstić information content (AvgIpc) is 3.20. The Hall–Kier alpha value is -3.93. The zero-order chi connectivity index (χ0) is 20.5. The maximum absolute atomic E-state index is 12.9. The summed E-state index contributed by atoms with van der Waals surface area (Å²) in [4.78, 5) is 30.4. The Balaban J connectivity index is 1.50. The summed E-state index contributed by atoms with van der Waals surface area (Å²) in [6, 6.07) is 22.4. The summed E-state index contributed by atoms with van der Waals surface area (Å²) in [5.74, 6) is 0.0665. The highest BCUT2D eigenvalue weighted by Crippen LogP contribution is 2.26. The van der Waals surface area contributed by atoms with E-state index < -0.39 is 6.17 Å². The van der Waals surface area contributed by atoms with Gasteiger partial charge in [0.15, 0.2) is 0 Å². The minimum Gasteiger partial charge on any atom is -0.493 e. The molecule has 30 heavy (non-hydrogen) atoms. The topological polar surface area (TPSA) is 79.8 Å². The second kappa shape index (κ2) is 7.48. The number of hydrogen-bond donors (Lipinski definition) is 2. The number of amides is 2. The van der Waals surface area contributed by atoms with Crippen LogP contribution < -0.4 is 15.4 Å². The molecule has 2 heterocycles. The maximum Gasteiger partial charge on any atom is 0.269 e. The van der Waals surface area contributed by atoms with Crippen LogP contribution in [-0.2, 0) is 11.2 Å². The third-order valence-corrected chi connectivity index (χ3v) is 5.21. The largest absolute Gasteiger partial charge is 0.493 e. The van der Waals surface area contributed by atoms with Crippen molar-refractivity contribution in [2.75, 3.05) is 11.9 Å². The van der Waals surface area contributed by atoms with Crippen LogP contribution in [0, 0.1) is 0 Å². The Morgan fingerprint density at radius 2 is 1.83 bits per heavy atom. The van der Waals surface area contributed by atoms with E-state index >= 15 is 0 Å². The Kier molecular flexibility index (Phi) is 4.52. The molecule has 3 aromatic rings. The minimum atomic E-state index is -1.05. The lowest BCUT2D eigenvalue weighted by Gasteiger charge is -2.14. The second-order valence-electron chi connectivity index (χ2n) is 7.18. The molecule has 1 unspecified atom stereocenters. The summed E-state index contributed by atoms with van der Waals surface area (Å²) < 4.78 is 5.50. The average molecular weight is 397 g/mol. The van der Waals surface area contributed by atoms with E-state index in [0.717, 1.165) is 28.9 Å². The normalized spacial score (nSPS) is 17.0. The van der Waals surface area contributed by atoms with Gasteiger partial charge >= 0.3 is 0 Å². The number of rotatable bonds is 3. The summed E-state index contributed by atoms with van der Waals surface area (Å²) in [6.45, 7) is 0.619. The Morgan fingerprint density at radius 3 is 2.70 bits per heavy atom. The molecule has 0 radical (unpaired) electrons. The third-order valence-electron chi connectivity index (χ3n) is 5.21. The first-order chi connectivity index (χ1) is 14.7. The lowest BCUT2D eigenvalue weighted by molar-refractivity contribution is -0.117. The standard InChI is InChI=1S/C24H19N3O3/c28-23(17-10-11-20-16(14-17)12-13-30-20)27-22-24(29)25-19-9-5-4-8-18(19)21(26-22)15-6-2-1-3-7-15/h1-11,14,22H,12-13H2,(H,25,29)(H,27,28). The number of benzodiazepines with no additional fused rings is 1. The predicted molar refractivity (Wildman–Crippen MR) is 114 cm³/mol. The fourth-order valence-electron chi connectivity index (χ4n) is 3.72. The van der Waals surface area contributed by atoms with E-state index in [0.29, 0.717) is 23.6 Å². The number of fused-ring (bicyclic) bond motifs is 2. The molecule has 0 spiro atoms. The number of benzene rings is 3. The smallest absolute Gasteiger partial charge is 0.269 e. The van der Waals surface area contributed by atoms with Crippen molar-refractivity contribution in [3.8, 4) is 5.75 Å². The quantitative estimate of drug-likeness (QED) is 0.713. The number of nitrogens with zero attached hydrogens (tertiary/aromatic N) is 1. The molecule has 6 nitrogen and oxygen atoms in total. The summed E-state index contributed by atoms with van der Waals surface area (Å²) in [5.41, 5.74) is 4.46. The first-order valence-corrected chi connectivity index (χ1v) is 9.79. The Bertz CT molecular complexity index is 1170. The zero-order valence-corrected chi connectivity index (χ0v) is 16.1. The fraction of sp³-hybridized carbons (Fsp3) is 0.125. The SMILES string of the molecule is O=C(NC1N=C(c2ccccc2)c2ccccc2NC1=O)c1ccc2c(c1)CCO2. The predicted octanol–water partition coefficient (Wildman–Crippen LogP) is 3.17. The van der Waals surface area contributed by atoms with Crippen LogP contribution in [0.1, 0.15) is 27.0 Å². The van der Waals surface area contributed by atoms with Crippen molar-refractivity contribution in [3.63, 3.8) is 0 Å². The van der Waals surface area contributed by atoms with E-state index in [9.17, 15) is 9.59 Å². The van der Waals surface area contributed by atoms with Gasteiger partial charge in [0.1, 0.15) is 5.75 Å². The summed E-state index contributed by atoms with van der Waals surface area (Å²) in [7, 11) is 0. The van der Waals surface area contributed by atoms with Crippen LogP contribution in [0.15, 0.2) is 77.8 Å². The molecule has 5 rings (SSSR count). The third kappa shape index (κ3) is 3.33. The molecule has 0 saturated heterocycles. The van der Waals surface area contributed by atoms with E-state index in [1.165, 1.54) is 0 Å². The van der Waals surface area contributed by atoms with Crippen LogP contribution in [0.3, 0.4) is 0 Å². The molecule has 0 fully saturated rings. The van der Waals surface area contributed by atoms with Crippen LogP contribution in [-0.4, -0.2) is 30.3 Å². The van der Waals surface area contributed by atoms with Gasteiger partial charge in [-0.3, -0.25) is 9.59 Å². The molecule has 3 aromatic carbocycles. The van der Waals surface area contributed by atoms with Crippen molar-refractivity contribution in [2.45, 2.75) is 12.6 Å². The zero-order valence-electron chi connectivity index (χ0n) is 16.1. The van der Waals surface area contributed by atoms with Crippen LogP contribution >= 0.6 is 0 Å². The number of carbonyl (C=O) groups is 2. The monoisotopic (exact) mass is 397 g/mol. The molecular formula is C24H19N3O3. The van der Waals surface area contributed by atoms with Gasteiger partial charge in [-0.1, -0.05) is 48.5 Å². The molecule has 0 aliphatic carbocycles. The molecule has 2 amide bonds. The first kappa shape index (κ1) is 18.1. The second-order valence-corrected chi connectivity index (χ2v) is 7.18. The van der Waals surface area contributed by atoms with Crippen LogP contribution in [0.25, 0.3) is 0 Å². The number of hydrogen-bond acceptors (Lipinski definition) is 4. The van der Waals surface area contributed by atoms with Crippen LogP contribution in [0.2, 0.25) is 0 Å². The molecule has 2 aliphatic rings. The van der Waals surface area contributed by atoms with Crippen molar-refractivity contribution in [1.82, 2.24) is 5.32 Å². The first-order valence-electron chi connectivity index (χ1n) is 9.79. The van der Waals surface area contributed by atoms with E-state index in [2.05, 4.69) is 15.6 Å². The Labute approximate surface area is 173 Å². The highest BCUT2D eigenvalue weighted by molar-refractivity contribution is 6.20. The van der Waals surface area contributed by atoms with Crippen molar-refractivity contribution in [2.24, 2.45) is 4.99 Å². The number of carbonyl (C=O) groups excluding carboxylic acids is 2. The van der Waals surface area contributed by atoms with Crippen molar-refractivity contribution >= 4 is 23.2 Å². The van der Waals surface area contributed by atoms with Gasteiger partial charge in [0, 0.05) is 23.1 Å². The molecule has 6 heteroatoms. The van der Waals surface area contributed by atoms with E-state index in [4.69, 9.17) is 4.74 Å². The fourth-order valence-corrected chi connectivity index (χ4v) is 3.72. The molecule has 1 atom stereocenters. The van der Waals surface area contributed by atoms with Gasteiger partial charge in [0.2, 0.25) is 6.17 Å². The number of aliphatic imine (C=N–C) groups is 1. The summed E-state index contributed by atoms with van der Waals surface area (Å²) in [6.07, 6.45) is -0.281. The molecule has 0 bridgehead atoms.